The summed E-state index contributed by atoms with van der Waals surface area (Å²) in [6.07, 6.45) is 2.91. The monoisotopic (exact) mass is 388 g/mol. The predicted molar refractivity (Wildman–Crippen MR) is 78.9 cm³/mol. The zero-order valence-corrected chi connectivity index (χ0v) is 12.2. The standard InChI is InChI=1S/C11H6ClIN4O2/c12-6-4-8-5(3-7(6)13)10(18)9(11(19)15-8)17-2-1-14-16-17/h1-4H,(H2,15,18,19). The molecule has 19 heavy (non-hydrogen) atoms. The first kappa shape index (κ1) is 12.4. The number of aromatic nitrogens is 4. The first-order valence-corrected chi connectivity index (χ1v) is 6.64. The Hall–Kier alpha value is -1.61. The van der Waals surface area contributed by atoms with Gasteiger partial charge < -0.3 is 10.1 Å². The van der Waals surface area contributed by atoms with E-state index in [1.165, 1.54) is 17.1 Å². The molecular formula is C11H6ClIN4O2. The lowest BCUT2D eigenvalue weighted by atomic mass is 10.2. The number of H-pyrrole nitrogens is 1. The van der Waals surface area contributed by atoms with E-state index in [0.717, 1.165) is 3.57 Å². The van der Waals surface area contributed by atoms with E-state index in [4.69, 9.17) is 11.6 Å². The van der Waals surface area contributed by atoms with Crippen molar-refractivity contribution < 1.29 is 5.11 Å². The van der Waals surface area contributed by atoms with Crippen molar-refractivity contribution in [1.82, 2.24) is 20.0 Å². The van der Waals surface area contributed by atoms with Crippen molar-refractivity contribution in [3.63, 3.8) is 0 Å². The molecule has 0 amide bonds. The van der Waals surface area contributed by atoms with Gasteiger partial charge in [0.15, 0.2) is 11.4 Å². The second kappa shape index (κ2) is 4.49. The third-order valence-electron chi connectivity index (χ3n) is 2.65. The summed E-state index contributed by atoms with van der Waals surface area (Å²) in [5.41, 5.74) is 0.0349. The lowest BCUT2D eigenvalue weighted by Crippen LogP contribution is -2.15. The Balaban J connectivity index is 2.43. The van der Waals surface area contributed by atoms with Gasteiger partial charge in [-0.15, -0.1) is 5.10 Å². The Morgan fingerprint density at radius 3 is 2.89 bits per heavy atom. The fourth-order valence-electron chi connectivity index (χ4n) is 1.80. The van der Waals surface area contributed by atoms with E-state index >= 15 is 0 Å². The second-order valence-electron chi connectivity index (χ2n) is 3.81. The normalized spacial score (nSPS) is 11.1. The van der Waals surface area contributed by atoms with Crippen LogP contribution in [0.1, 0.15) is 0 Å². The van der Waals surface area contributed by atoms with Crippen LogP contribution in [0.4, 0.5) is 0 Å². The number of benzene rings is 1. The summed E-state index contributed by atoms with van der Waals surface area (Å²) in [4.78, 5) is 14.7. The molecule has 96 valence electrons. The van der Waals surface area contributed by atoms with Gasteiger partial charge in [-0.3, -0.25) is 4.79 Å². The minimum Gasteiger partial charge on any atom is -0.505 e. The molecule has 0 aliphatic rings. The molecule has 3 rings (SSSR count). The molecule has 2 N–H and O–H groups in total. The van der Waals surface area contributed by atoms with Crippen LogP contribution in [0.3, 0.4) is 0 Å². The Labute approximate surface area is 125 Å². The predicted octanol–water partition coefficient (Wildman–Crippen LogP) is 2.07. The maximum Gasteiger partial charge on any atom is 0.278 e. The number of pyridine rings is 1. The van der Waals surface area contributed by atoms with Crippen molar-refractivity contribution in [2.24, 2.45) is 0 Å². The first-order valence-electron chi connectivity index (χ1n) is 5.18. The molecule has 0 saturated carbocycles. The summed E-state index contributed by atoms with van der Waals surface area (Å²) in [6.45, 7) is 0. The highest BCUT2D eigenvalue weighted by molar-refractivity contribution is 14.1. The van der Waals surface area contributed by atoms with Gasteiger partial charge >= 0.3 is 0 Å². The summed E-state index contributed by atoms with van der Waals surface area (Å²) in [5.74, 6) is -0.154. The topological polar surface area (TPSA) is 83.8 Å². The average molecular weight is 389 g/mol. The Morgan fingerprint density at radius 1 is 1.42 bits per heavy atom. The van der Waals surface area contributed by atoms with E-state index in [1.54, 1.807) is 12.1 Å². The smallest absolute Gasteiger partial charge is 0.278 e. The van der Waals surface area contributed by atoms with Gasteiger partial charge in [-0.1, -0.05) is 16.8 Å². The lowest BCUT2D eigenvalue weighted by Gasteiger charge is -2.08. The Morgan fingerprint density at radius 2 is 2.21 bits per heavy atom. The lowest BCUT2D eigenvalue weighted by molar-refractivity contribution is 0.474. The molecule has 6 nitrogen and oxygen atoms in total. The van der Waals surface area contributed by atoms with E-state index in [0.29, 0.717) is 15.9 Å². The van der Waals surface area contributed by atoms with Gasteiger partial charge in [-0.25, -0.2) is 4.68 Å². The molecule has 0 radical (unpaired) electrons. The van der Waals surface area contributed by atoms with Crippen LogP contribution in [0, 0.1) is 3.57 Å². The van der Waals surface area contributed by atoms with Gasteiger partial charge in [0.1, 0.15) is 0 Å². The quantitative estimate of drug-likeness (QED) is 0.625. The molecule has 0 fully saturated rings. The largest absolute Gasteiger partial charge is 0.505 e. The summed E-state index contributed by atoms with van der Waals surface area (Å²) >= 11 is 8.05. The number of nitrogens with one attached hydrogen (secondary N) is 1. The zero-order chi connectivity index (χ0) is 13.6. The fraction of sp³-hybridized carbons (Fsp3) is 0. The fourth-order valence-corrected chi connectivity index (χ4v) is 2.43. The van der Waals surface area contributed by atoms with Crippen LogP contribution in [0.25, 0.3) is 16.6 Å². The number of nitrogens with zero attached hydrogens (tertiary/aromatic N) is 3. The van der Waals surface area contributed by atoms with E-state index in [9.17, 15) is 9.90 Å². The van der Waals surface area contributed by atoms with Crippen LogP contribution in [0.15, 0.2) is 29.3 Å². The van der Waals surface area contributed by atoms with Crippen LogP contribution >= 0.6 is 34.2 Å². The van der Waals surface area contributed by atoms with E-state index in [1.807, 2.05) is 0 Å². The number of hydrogen-bond acceptors (Lipinski definition) is 4. The molecule has 2 heterocycles. The molecule has 0 aliphatic carbocycles. The van der Waals surface area contributed by atoms with E-state index in [2.05, 4.69) is 37.9 Å². The van der Waals surface area contributed by atoms with E-state index < -0.39 is 5.56 Å². The van der Waals surface area contributed by atoms with Gasteiger partial charge in [-0.2, -0.15) is 0 Å². The molecule has 1 aromatic carbocycles. The summed E-state index contributed by atoms with van der Waals surface area (Å²) in [7, 11) is 0. The van der Waals surface area contributed by atoms with Gasteiger partial charge in [-0.05, 0) is 34.7 Å². The van der Waals surface area contributed by atoms with Gasteiger partial charge in [0.25, 0.3) is 5.56 Å². The van der Waals surface area contributed by atoms with Crippen molar-refractivity contribution in [2.45, 2.75) is 0 Å². The average Bonchev–Trinajstić information content (AvgIpc) is 2.86. The molecule has 3 aromatic rings. The number of halogens is 2. The second-order valence-corrected chi connectivity index (χ2v) is 5.38. The van der Waals surface area contributed by atoms with Gasteiger partial charge in [0.05, 0.1) is 22.9 Å². The minimum atomic E-state index is -0.465. The van der Waals surface area contributed by atoms with Gasteiger partial charge in [0, 0.05) is 8.96 Å². The van der Waals surface area contributed by atoms with Crippen molar-refractivity contribution >= 4 is 45.1 Å². The van der Waals surface area contributed by atoms with Crippen LogP contribution < -0.4 is 5.56 Å². The highest BCUT2D eigenvalue weighted by Crippen LogP contribution is 2.31. The molecule has 0 aliphatic heterocycles. The van der Waals surface area contributed by atoms with Gasteiger partial charge in [0.2, 0.25) is 0 Å². The first-order chi connectivity index (χ1) is 9.08. The van der Waals surface area contributed by atoms with Crippen LogP contribution in [0.2, 0.25) is 5.02 Å². The summed E-state index contributed by atoms with van der Waals surface area (Å²) in [6, 6.07) is 3.30. The Bertz CT molecular complexity index is 829. The Kier molecular flexibility index (Phi) is 2.94. The van der Waals surface area contributed by atoms with Crippen LogP contribution in [-0.2, 0) is 0 Å². The molecule has 0 unspecified atom stereocenters. The van der Waals surface area contributed by atoms with Crippen molar-refractivity contribution in [2.75, 3.05) is 0 Å². The number of hydrogen-bond donors (Lipinski definition) is 2. The highest BCUT2D eigenvalue weighted by Gasteiger charge is 2.15. The number of aromatic amines is 1. The van der Waals surface area contributed by atoms with Crippen LogP contribution in [0.5, 0.6) is 5.75 Å². The third-order valence-corrected chi connectivity index (χ3v) is 4.18. The highest BCUT2D eigenvalue weighted by atomic mass is 127. The molecule has 2 aromatic heterocycles. The minimum absolute atomic E-state index is 0.0307. The molecule has 0 atom stereocenters. The van der Waals surface area contributed by atoms with E-state index in [-0.39, 0.29) is 11.4 Å². The van der Waals surface area contributed by atoms with Crippen molar-refractivity contribution in [1.29, 1.82) is 0 Å². The zero-order valence-electron chi connectivity index (χ0n) is 9.26. The summed E-state index contributed by atoms with van der Waals surface area (Å²) < 4.78 is 1.99. The SMILES string of the molecule is O=c1[nH]c2cc(Cl)c(I)cc2c(O)c1-n1ccnn1. The number of aromatic hydroxyl groups is 1. The molecule has 8 heteroatoms. The summed E-state index contributed by atoms with van der Waals surface area (Å²) in [5, 5.41) is 18.6. The molecule has 0 bridgehead atoms. The maximum absolute atomic E-state index is 12.0. The van der Waals surface area contributed by atoms with Crippen molar-refractivity contribution in [3.8, 4) is 11.4 Å². The van der Waals surface area contributed by atoms with Crippen molar-refractivity contribution in [3.05, 3.63) is 43.5 Å². The third kappa shape index (κ3) is 1.98. The maximum atomic E-state index is 12.0. The molecular weight excluding hydrogens is 383 g/mol. The molecule has 0 spiro atoms. The van der Waals surface area contributed by atoms with Crippen LogP contribution in [-0.4, -0.2) is 25.1 Å². The molecule has 0 saturated heterocycles. The number of fused-ring (bicyclic) bond motifs is 1. The number of rotatable bonds is 1.